The van der Waals surface area contributed by atoms with E-state index in [1.807, 2.05) is 30.3 Å². The Balaban J connectivity index is 1.29. The molecule has 0 bridgehead atoms. The fourth-order valence-corrected chi connectivity index (χ4v) is 3.87. The van der Waals surface area contributed by atoms with Gasteiger partial charge in [0.05, 0.1) is 11.8 Å². The van der Waals surface area contributed by atoms with Crippen LogP contribution in [-0.2, 0) is 16.0 Å². The van der Waals surface area contributed by atoms with Gasteiger partial charge in [-0.25, -0.2) is 9.78 Å². The van der Waals surface area contributed by atoms with E-state index in [1.165, 1.54) is 16.7 Å². The first-order valence-electron chi connectivity index (χ1n) is 8.75. The average Bonchev–Trinajstić information content (AvgIpc) is 3.23. The highest BCUT2D eigenvalue weighted by molar-refractivity contribution is 8.15. The van der Waals surface area contributed by atoms with E-state index in [1.54, 1.807) is 18.3 Å². The second kappa shape index (κ2) is 7.89. The number of amides is 2. The standard InChI is InChI=1S/C19H18N4O4S/c20-18-22-17(24)15(28-18)9-12-4-6-13(7-5-12)26-11-14-10-23(19(25)27-14)16-3-1-2-8-21-16/h1-8,14-15H,9-11H2,(H2,20,22,24). The van der Waals surface area contributed by atoms with Crippen LogP contribution >= 0.6 is 11.8 Å². The lowest BCUT2D eigenvalue weighted by Gasteiger charge is -2.12. The second-order valence-electron chi connectivity index (χ2n) is 6.39. The van der Waals surface area contributed by atoms with Crippen LogP contribution in [0.15, 0.2) is 48.7 Å². The van der Waals surface area contributed by atoms with Gasteiger partial charge >= 0.3 is 6.09 Å². The predicted molar refractivity (Wildman–Crippen MR) is 105 cm³/mol. The largest absolute Gasteiger partial charge is 0.490 e. The third-order valence-electron chi connectivity index (χ3n) is 4.37. The van der Waals surface area contributed by atoms with Gasteiger partial charge in [0.15, 0.2) is 11.3 Å². The van der Waals surface area contributed by atoms with Crippen molar-refractivity contribution in [1.29, 1.82) is 5.41 Å². The number of ether oxygens (including phenoxy) is 2. The van der Waals surface area contributed by atoms with E-state index in [0.29, 0.717) is 24.5 Å². The summed E-state index contributed by atoms with van der Waals surface area (Å²) in [5.74, 6) is 1.09. The van der Waals surface area contributed by atoms with Crippen LogP contribution in [-0.4, -0.2) is 46.7 Å². The Morgan fingerprint density at radius 3 is 2.75 bits per heavy atom. The molecule has 4 rings (SSSR count). The SMILES string of the molecule is N=C1NC(=O)C(Cc2ccc(OCC3CN(c4ccccn4)C(=O)O3)cc2)S1. The molecular formula is C19H18N4O4S. The Labute approximate surface area is 165 Å². The van der Waals surface area contributed by atoms with Crippen LogP contribution in [0.25, 0.3) is 0 Å². The van der Waals surface area contributed by atoms with E-state index < -0.39 is 6.09 Å². The molecule has 1 aromatic carbocycles. The van der Waals surface area contributed by atoms with Crippen molar-refractivity contribution in [3.63, 3.8) is 0 Å². The van der Waals surface area contributed by atoms with Gasteiger partial charge in [0.1, 0.15) is 18.2 Å². The minimum absolute atomic E-state index is 0.129. The zero-order valence-electron chi connectivity index (χ0n) is 14.8. The molecule has 2 fully saturated rings. The molecular weight excluding hydrogens is 380 g/mol. The highest BCUT2D eigenvalue weighted by atomic mass is 32.2. The molecule has 144 valence electrons. The van der Waals surface area contributed by atoms with Crippen molar-refractivity contribution in [3.05, 3.63) is 54.2 Å². The molecule has 2 aliphatic heterocycles. The quantitative estimate of drug-likeness (QED) is 0.773. The number of pyridine rings is 1. The topological polar surface area (TPSA) is 105 Å². The van der Waals surface area contributed by atoms with Crippen LogP contribution < -0.4 is 15.0 Å². The highest BCUT2D eigenvalue weighted by Gasteiger charge is 2.33. The summed E-state index contributed by atoms with van der Waals surface area (Å²) in [5.41, 5.74) is 0.989. The Morgan fingerprint density at radius 2 is 2.07 bits per heavy atom. The maximum atomic E-state index is 12.0. The van der Waals surface area contributed by atoms with Crippen LogP contribution in [0.2, 0.25) is 0 Å². The number of rotatable bonds is 6. The zero-order valence-corrected chi connectivity index (χ0v) is 15.6. The third kappa shape index (κ3) is 4.09. The van der Waals surface area contributed by atoms with Crippen LogP contribution in [0.3, 0.4) is 0 Å². The summed E-state index contributed by atoms with van der Waals surface area (Å²) in [5, 5.41) is 9.93. The summed E-state index contributed by atoms with van der Waals surface area (Å²) in [6.45, 7) is 0.625. The van der Waals surface area contributed by atoms with Gasteiger partial charge in [-0.1, -0.05) is 30.0 Å². The van der Waals surface area contributed by atoms with Crippen LogP contribution in [0.5, 0.6) is 5.75 Å². The molecule has 28 heavy (non-hydrogen) atoms. The molecule has 1 aromatic heterocycles. The molecule has 0 aliphatic carbocycles. The van der Waals surface area contributed by atoms with Gasteiger partial charge in [0.25, 0.3) is 0 Å². The molecule has 2 unspecified atom stereocenters. The van der Waals surface area contributed by atoms with E-state index in [0.717, 1.165) is 5.56 Å². The third-order valence-corrected chi connectivity index (χ3v) is 5.37. The van der Waals surface area contributed by atoms with E-state index in [4.69, 9.17) is 14.9 Å². The van der Waals surface area contributed by atoms with Crippen molar-refractivity contribution in [2.24, 2.45) is 0 Å². The second-order valence-corrected chi connectivity index (χ2v) is 7.60. The maximum absolute atomic E-state index is 12.0. The highest BCUT2D eigenvalue weighted by Crippen LogP contribution is 2.24. The van der Waals surface area contributed by atoms with Gasteiger partial charge in [-0.05, 0) is 36.2 Å². The summed E-state index contributed by atoms with van der Waals surface area (Å²) in [6.07, 6.45) is 1.38. The fraction of sp³-hybridized carbons (Fsp3) is 0.263. The molecule has 0 saturated carbocycles. The first-order chi connectivity index (χ1) is 13.6. The summed E-state index contributed by atoms with van der Waals surface area (Å²) in [4.78, 5) is 29.4. The van der Waals surface area contributed by atoms with Gasteiger partial charge in [-0.3, -0.25) is 15.1 Å². The molecule has 2 amide bonds. The average molecular weight is 398 g/mol. The summed E-state index contributed by atoms with van der Waals surface area (Å²) < 4.78 is 11.1. The minimum atomic E-state index is -0.430. The Kier molecular flexibility index (Phi) is 5.16. The summed E-state index contributed by atoms with van der Waals surface area (Å²) in [6, 6.07) is 12.8. The molecule has 3 heterocycles. The van der Waals surface area contributed by atoms with Crippen molar-refractivity contribution in [2.45, 2.75) is 17.8 Å². The van der Waals surface area contributed by atoms with Crippen LogP contribution in [0.4, 0.5) is 10.6 Å². The smallest absolute Gasteiger partial charge is 0.416 e. The van der Waals surface area contributed by atoms with Crippen LogP contribution in [0.1, 0.15) is 5.56 Å². The lowest BCUT2D eigenvalue weighted by molar-refractivity contribution is -0.118. The molecule has 8 nitrogen and oxygen atoms in total. The molecule has 0 radical (unpaired) electrons. The molecule has 2 aliphatic rings. The maximum Gasteiger partial charge on any atom is 0.416 e. The number of cyclic esters (lactones) is 1. The molecule has 2 N–H and O–H groups in total. The Bertz CT molecular complexity index is 891. The van der Waals surface area contributed by atoms with Crippen molar-refractivity contribution in [3.8, 4) is 5.75 Å². The molecule has 2 aromatic rings. The first-order valence-corrected chi connectivity index (χ1v) is 9.63. The molecule has 2 saturated heterocycles. The van der Waals surface area contributed by atoms with Crippen LogP contribution in [0, 0.1) is 5.41 Å². The number of benzene rings is 1. The number of aromatic nitrogens is 1. The van der Waals surface area contributed by atoms with E-state index in [2.05, 4.69) is 10.3 Å². The van der Waals surface area contributed by atoms with E-state index >= 15 is 0 Å². The van der Waals surface area contributed by atoms with Gasteiger partial charge in [0.2, 0.25) is 5.91 Å². The summed E-state index contributed by atoms with van der Waals surface area (Å²) >= 11 is 1.23. The Morgan fingerprint density at radius 1 is 1.25 bits per heavy atom. The number of nitrogens with zero attached hydrogens (tertiary/aromatic N) is 2. The van der Waals surface area contributed by atoms with E-state index in [9.17, 15) is 9.59 Å². The van der Waals surface area contributed by atoms with E-state index in [-0.39, 0.29) is 29.0 Å². The number of amidine groups is 1. The Hall–Kier alpha value is -3.07. The number of hydrogen-bond acceptors (Lipinski definition) is 7. The van der Waals surface area contributed by atoms with Gasteiger partial charge < -0.3 is 14.8 Å². The number of anilines is 1. The molecule has 0 spiro atoms. The monoisotopic (exact) mass is 398 g/mol. The van der Waals surface area contributed by atoms with Gasteiger partial charge in [-0.15, -0.1) is 0 Å². The van der Waals surface area contributed by atoms with Gasteiger partial charge in [0, 0.05) is 6.20 Å². The first kappa shape index (κ1) is 18.3. The van der Waals surface area contributed by atoms with Crippen molar-refractivity contribution < 1.29 is 19.1 Å². The normalized spacial score (nSPS) is 21.6. The summed E-state index contributed by atoms with van der Waals surface area (Å²) in [7, 11) is 0. The van der Waals surface area contributed by atoms with Crippen molar-refractivity contribution in [1.82, 2.24) is 10.3 Å². The number of carbonyl (C=O) groups is 2. The molecule has 2 atom stereocenters. The number of thioether (sulfide) groups is 1. The minimum Gasteiger partial charge on any atom is -0.490 e. The predicted octanol–water partition coefficient (Wildman–Crippen LogP) is 2.19. The van der Waals surface area contributed by atoms with Crippen molar-refractivity contribution in [2.75, 3.05) is 18.1 Å². The lowest BCUT2D eigenvalue weighted by atomic mass is 10.1. The fourth-order valence-electron chi connectivity index (χ4n) is 2.99. The lowest BCUT2D eigenvalue weighted by Crippen LogP contribution is -2.27. The van der Waals surface area contributed by atoms with Crippen molar-refractivity contribution >= 4 is 34.7 Å². The zero-order chi connectivity index (χ0) is 19.5. The molecule has 9 heteroatoms. The number of nitrogens with one attached hydrogen (secondary N) is 2. The number of hydrogen-bond donors (Lipinski definition) is 2. The van der Waals surface area contributed by atoms with Gasteiger partial charge in [-0.2, -0.15) is 0 Å². The number of carbonyl (C=O) groups excluding carboxylic acids is 2.